The Kier molecular flexibility index (Phi) is 6.67. The fourth-order valence-corrected chi connectivity index (χ4v) is 3.93. The molecular formula is C18H20FN5O4S2. The van der Waals surface area contributed by atoms with Gasteiger partial charge in [0.2, 0.25) is 0 Å². The van der Waals surface area contributed by atoms with Crippen LogP contribution in [0.25, 0.3) is 0 Å². The van der Waals surface area contributed by atoms with Crippen LogP contribution in [0.1, 0.15) is 4.88 Å². The average Bonchev–Trinajstić information content (AvgIpc) is 3.32. The molecule has 0 spiro atoms. The molecule has 160 valence electrons. The monoisotopic (exact) mass is 453 g/mol. The topological polar surface area (TPSA) is 100.0 Å². The van der Waals surface area contributed by atoms with E-state index in [9.17, 15) is 19.3 Å². The van der Waals surface area contributed by atoms with Crippen molar-refractivity contribution in [3.05, 3.63) is 51.1 Å². The highest BCUT2D eigenvalue weighted by atomic mass is 32.1. The molecule has 1 fully saturated rings. The minimum Gasteiger partial charge on any atom is -0.442 e. The number of hydrogen-bond donors (Lipinski definition) is 2. The number of nitro groups is 1. The Hall–Kier alpha value is -2.99. The molecule has 1 atom stereocenters. The minimum absolute atomic E-state index is 0.0429. The van der Waals surface area contributed by atoms with Crippen LogP contribution in [0, 0.1) is 15.9 Å². The molecule has 2 heterocycles. The Morgan fingerprint density at radius 3 is 2.87 bits per heavy atom. The predicted octanol–water partition coefficient (Wildman–Crippen LogP) is 2.85. The number of hydrogen-bond acceptors (Lipinski definition) is 7. The van der Waals surface area contributed by atoms with Crippen LogP contribution in [0.2, 0.25) is 0 Å². The van der Waals surface area contributed by atoms with E-state index in [0.29, 0.717) is 29.6 Å². The summed E-state index contributed by atoms with van der Waals surface area (Å²) in [4.78, 5) is 26.3. The third-order valence-electron chi connectivity index (χ3n) is 4.47. The van der Waals surface area contributed by atoms with Crippen LogP contribution in [0.4, 0.5) is 25.6 Å². The van der Waals surface area contributed by atoms with Gasteiger partial charge in [-0.05, 0) is 36.5 Å². The van der Waals surface area contributed by atoms with Crippen LogP contribution in [-0.2, 0) is 11.3 Å². The lowest BCUT2D eigenvalue weighted by Crippen LogP contribution is -2.39. The lowest BCUT2D eigenvalue weighted by molar-refractivity contribution is -0.380. The van der Waals surface area contributed by atoms with Crippen molar-refractivity contribution in [3.63, 3.8) is 0 Å². The molecule has 1 amide bonds. The van der Waals surface area contributed by atoms with Gasteiger partial charge in [-0.2, -0.15) is 0 Å². The van der Waals surface area contributed by atoms with Crippen molar-refractivity contribution in [3.8, 4) is 0 Å². The molecule has 1 aliphatic rings. The molecule has 2 N–H and O–H groups in total. The molecule has 0 bridgehead atoms. The summed E-state index contributed by atoms with van der Waals surface area (Å²) in [6.45, 7) is 0.934. The van der Waals surface area contributed by atoms with Crippen molar-refractivity contribution in [1.29, 1.82) is 0 Å². The summed E-state index contributed by atoms with van der Waals surface area (Å²) in [5.74, 6) is -0.508. The zero-order chi connectivity index (χ0) is 21.8. The number of rotatable bonds is 7. The second-order valence-corrected chi connectivity index (χ2v) is 8.12. The largest absolute Gasteiger partial charge is 0.442 e. The van der Waals surface area contributed by atoms with E-state index in [2.05, 4.69) is 10.6 Å². The van der Waals surface area contributed by atoms with Gasteiger partial charge in [0.25, 0.3) is 0 Å². The smallest absolute Gasteiger partial charge is 0.414 e. The third-order valence-corrected chi connectivity index (χ3v) is 5.84. The molecule has 1 aromatic carbocycles. The molecule has 2 aromatic rings. The van der Waals surface area contributed by atoms with Crippen molar-refractivity contribution >= 4 is 51.1 Å². The molecule has 0 aliphatic carbocycles. The van der Waals surface area contributed by atoms with Gasteiger partial charge in [-0.3, -0.25) is 15.0 Å². The first kappa shape index (κ1) is 21.7. The fraction of sp³-hybridized carbons (Fsp3) is 0.333. The van der Waals surface area contributed by atoms with Crippen molar-refractivity contribution in [1.82, 2.24) is 10.6 Å². The number of thiophene rings is 1. The zero-order valence-corrected chi connectivity index (χ0v) is 17.9. The Morgan fingerprint density at radius 2 is 2.23 bits per heavy atom. The van der Waals surface area contributed by atoms with Crippen molar-refractivity contribution in [2.75, 3.05) is 37.0 Å². The van der Waals surface area contributed by atoms with Gasteiger partial charge >= 0.3 is 11.1 Å². The summed E-state index contributed by atoms with van der Waals surface area (Å²) >= 11 is 6.05. The van der Waals surface area contributed by atoms with Crippen LogP contribution in [0.3, 0.4) is 0 Å². The molecular weight excluding hydrogens is 433 g/mol. The number of cyclic esters (lactones) is 1. The van der Waals surface area contributed by atoms with Gasteiger partial charge in [0.05, 0.1) is 35.9 Å². The van der Waals surface area contributed by atoms with E-state index in [1.807, 2.05) is 0 Å². The SMILES string of the molecule is CNC(=S)NC[C@H]1CN(c2ccc(N(C)Cc3ccc([N+](=O)[O-])s3)c(F)c2)C(=O)O1. The Morgan fingerprint density at radius 1 is 1.47 bits per heavy atom. The number of nitrogens with one attached hydrogen (secondary N) is 2. The maximum atomic E-state index is 14.8. The first-order valence-corrected chi connectivity index (χ1v) is 10.2. The first-order chi connectivity index (χ1) is 14.3. The number of amides is 1. The van der Waals surface area contributed by atoms with E-state index < -0.39 is 22.9 Å². The Bertz CT molecular complexity index is 970. The molecule has 9 nitrogen and oxygen atoms in total. The van der Waals surface area contributed by atoms with Gasteiger partial charge < -0.3 is 20.3 Å². The maximum Gasteiger partial charge on any atom is 0.414 e. The lowest BCUT2D eigenvalue weighted by atomic mass is 10.2. The Labute approximate surface area is 181 Å². The number of thiocarbonyl (C=S) groups is 1. The average molecular weight is 454 g/mol. The van der Waals surface area contributed by atoms with Gasteiger partial charge in [-0.15, -0.1) is 0 Å². The number of carbonyl (C=O) groups excluding carboxylic acids is 1. The Balaban J connectivity index is 1.66. The molecule has 12 heteroatoms. The molecule has 1 aromatic heterocycles. The molecule has 0 radical (unpaired) electrons. The maximum absolute atomic E-state index is 14.8. The van der Waals surface area contributed by atoms with E-state index in [1.54, 1.807) is 37.2 Å². The number of ether oxygens (including phenoxy) is 1. The second kappa shape index (κ2) is 9.22. The quantitative estimate of drug-likeness (QED) is 0.375. The third kappa shape index (κ3) is 4.94. The minimum atomic E-state index is -0.552. The molecule has 3 rings (SSSR count). The highest BCUT2D eigenvalue weighted by Crippen LogP contribution is 2.30. The zero-order valence-electron chi connectivity index (χ0n) is 16.3. The standard InChI is InChI=1S/C18H20FN5O4S2/c1-20-17(29)21-8-12-9-23(18(25)28-12)11-3-5-15(14(19)7-11)22(2)10-13-4-6-16(30-13)24(26)27/h3-7,12H,8-10H2,1-2H3,(H2,20,21,29)/t12-/m0/s1. The molecule has 1 saturated heterocycles. The first-order valence-electron chi connectivity index (χ1n) is 8.96. The summed E-state index contributed by atoms with van der Waals surface area (Å²) in [6, 6.07) is 7.57. The van der Waals surface area contributed by atoms with Crippen molar-refractivity contribution in [2.24, 2.45) is 0 Å². The number of benzene rings is 1. The van der Waals surface area contributed by atoms with Gasteiger partial charge in [-0.25, -0.2) is 9.18 Å². The van der Waals surface area contributed by atoms with Gasteiger partial charge in [0.1, 0.15) is 11.9 Å². The van der Waals surface area contributed by atoms with Crippen LogP contribution < -0.4 is 20.4 Å². The summed E-state index contributed by atoms with van der Waals surface area (Å²) in [5.41, 5.74) is 0.708. The number of halogens is 1. The molecule has 0 saturated carbocycles. The van der Waals surface area contributed by atoms with Gasteiger partial charge in [0, 0.05) is 25.0 Å². The van der Waals surface area contributed by atoms with E-state index in [0.717, 1.165) is 16.2 Å². The normalized spacial score (nSPS) is 15.6. The summed E-state index contributed by atoms with van der Waals surface area (Å²) in [5, 5.41) is 17.0. The van der Waals surface area contributed by atoms with Crippen LogP contribution in [0.15, 0.2) is 30.3 Å². The number of anilines is 2. The van der Waals surface area contributed by atoms with Crippen molar-refractivity contribution in [2.45, 2.75) is 12.6 Å². The van der Waals surface area contributed by atoms with E-state index in [1.165, 1.54) is 17.0 Å². The molecule has 1 aliphatic heterocycles. The number of nitrogens with zero attached hydrogens (tertiary/aromatic N) is 3. The lowest BCUT2D eigenvalue weighted by Gasteiger charge is -2.21. The van der Waals surface area contributed by atoms with Gasteiger partial charge in [0.15, 0.2) is 5.11 Å². The summed E-state index contributed by atoms with van der Waals surface area (Å²) in [7, 11) is 3.38. The summed E-state index contributed by atoms with van der Waals surface area (Å²) < 4.78 is 20.0. The molecule has 30 heavy (non-hydrogen) atoms. The van der Waals surface area contributed by atoms with Crippen LogP contribution in [0.5, 0.6) is 0 Å². The number of carbonyl (C=O) groups is 1. The predicted molar refractivity (Wildman–Crippen MR) is 117 cm³/mol. The van der Waals surface area contributed by atoms with E-state index >= 15 is 0 Å². The van der Waals surface area contributed by atoms with E-state index in [4.69, 9.17) is 17.0 Å². The fourth-order valence-electron chi connectivity index (χ4n) is 2.98. The van der Waals surface area contributed by atoms with Crippen molar-refractivity contribution < 1.29 is 18.8 Å². The van der Waals surface area contributed by atoms with Crippen LogP contribution in [-0.4, -0.2) is 49.4 Å². The second-order valence-electron chi connectivity index (χ2n) is 6.57. The van der Waals surface area contributed by atoms with Crippen LogP contribution >= 0.6 is 23.6 Å². The summed E-state index contributed by atoms with van der Waals surface area (Å²) in [6.07, 6.45) is -0.965. The molecule has 0 unspecified atom stereocenters. The van der Waals surface area contributed by atoms with Gasteiger partial charge in [-0.1, -0.05) is 11.3 Å². The highest BCUT2D eigenvalue weighted by Gasteiger charge is 2.32. The highest BCUT2D eigenvalue weighted by molar-refractivity contribution is 7.80. The van der Waals surface area contributed by atoms with E-state index in [-0.39, 0.29) is 11.5 Å².